The van der Waals surface area contributed by atoms with Gasteiger partial charge in [-0.2, -0.15) is 0 Å². The largest absolute Gasteiger partial charge is 0.478 e. The molecule has 0 saturated heterocycles. The number of carboxylic acid groups (broad SMARTS) is 1. The van der Waals surface area contributed by atoms with Crippen LogP contribution >= 0.6 is 0 Å². The zero-order chi connectivity index (χ0) is 12.4. The second-order valence-electron chi connectivity index (χ2n) is 4.13. The Hall–Kier alpha value is -1.84. The van der Waals surface area contributed by atoms with E-state index in [0.717, 1.165) is 12.0 Å². The van der Waals surface area contributed by atoms with Crippen molar-refractivity contribution in [1.82, 2.24) is 0 Å². The lowest BCUT2D eigenvalue weighted by Crippen LogP contribution is -2.07. The van der Waals surface area contributed by atoms with Gasteiger partial charge in [0.15, 0.2) is 0 Å². The van der Waals surface area contributed by atoms with Crippen molar-refractivity contribution in [3.8, 4) is 0 Å². The van der Waals surface area contributed by atoms with Crippen molar-refractivity contribution in [1.29, 1.82) is 0 Å². The number of benzene rings is 1. The monoisotopic (exact) mass is 234 g/mol. The molecule has 4 heteroatoms. The van der Waals surface area contributed by atoms with E-state index in [4.69, 9.17) is 9.84 Å². The van der Waals surface area contributed by atoms with Gasteiger partial charge in [-0.05, 0) is 37.0 Å². The molecule has 4 nitrogen and oxygen atoms in total. The molecule has 0 aliphatic heterocycles. The lowest BCUT2D eigenvalue weighted by atomic mass is 10.1. The summed E-state index contributed by atoms with van der Waals surface area (Å²) in [5.41, 5.74) is 1.27. The first-order valence-corrected chi connectivity index (χ1v) is 5.63. The predicted molar refractivity (Wildman–Crippen MR) is 60.9 cm³/mol. The fourth-order valence-corrected chi connectivity index (χ4v) is 1.95. The molecule has 2 unspecified atom stereocenters. The first-order valence-electron chi connectivity index (χ1n) is 5.63. The number of hydrogen-bond acceptors (Lipinski definition) is 3. The Kier molecular flexibility index (Phi) is 3.13. The fourth-order valence-electron chi connectivity index (χ4n) is 1.95. The Bertz CT molecular complexity index is 435. The molecule has 1 saturated carbocycles. The summed E-state index contributed by atoms with van der Waals surface area (Å²) >= 11 is 0. The van der Waals surface area contributed by atoms with Crippen molar-refractivity contribution in [2.45, 2.75) is 19.3 Å². The van der Waals surface area contributed by atoms with Gasteiger partial charge in [-0.1, -0.05) is 12.1 Å². The van der Waals surface area contributed by atoms with Crippen molar-refractivity contribution in [2.24, 2.45) is 5.92 Å². The molecule has 1 aromatic carbocycles. The van der Waals surface area contributed by atoms with E-state index in [1.165, 1.54) is 0 Å². The number of esters is 1. The molecule has 1 aliphatic rings. The van der Waals surface area contributed by atoms with Gasteiger partial charge in [0.1, 0.15) is 0 Å². The van der Waals surface area contributed by atoms with Gasteiger partial charge >= 0.3 is 11.9 Å². The summed E-state index contributed by atoms with van der Waals surface area (Å²) in [6.45, 7) is 2.19. The summed E-state index contributed by atoms with van der Waals surface area (Å²) in [6.07, 6.45) is 0.797. The van der Waals surface area contributed by atoms with Crippen LogP contribution in [0.3, 0.4) is 0 Å². The van der Waals surface area contributed by atoms with Gasteiger partial charge in [-0.15, -0.1) is 0 Å². The third-order valence-electron chi connectivity index (χ3n) is 2.97. The maximum atomic E-state index is 11.4. The standard InChI is InChI=1S/C13H14O4/c1-2-17-13(16)11-7-10(11)8-3-5-9(6-4-8)12(14)15/h3-6,10-11H,2,7H2,1H3,(H,14,15). The normalized spacial score (nSPS) is 21.9. The zero-order valence-corrected chi connectivity index (χ0v) is 9.55. The Morgan fingerprint density at radius 3 is 2.53 bits per heavy atom. The molecular formula is C13H14O4. The minimum atomic E-state index is -0.936. The van der Waals surface area contributed by atoms with Gasteiger partial charge in [-0.25, -0.2) is 4.79 Å². The average molecular weight is 234 g/mol. The van der Waals surface area contributed by atoms with Crippen LogP contribution in [0.25, 0.3) is 0 Å². The van der Waals surface area contributed by atoms with Crippen LogP contribution in [0.15, 0.2) is 24.3 Å². The molecule has 0 aromatic heterocycles. The van der Waals surface area contributed by atoms with Crippen molar-refractivity contribution < 1.29 is 19.4 Å². The minimum absolute atomic E-state index is 0.0503. The molecule has 2 atom stereocenters. The van der Waals surface area contributed by atoms with Crippen LogP contribution in [0, 0.1) is 5.92 Å². The average Bonchev–Trinajstić information content (AvgIpc) is 3.09. The molecule has 1 fully saturated rings. The number of carboxylic acids is 1. The van der Waals surface area contributed by atoms with Gasteiger partial charge in [0, 0.05) is 0 Å². The Balaban J connectivity index is 2.01. The van der Waals surface area contributed by atoms with E-state index >= 15 is 0 Å². The summed E-state index contributed by atoms with van der Waals surface area (Å²) in [5.74, 6) is -0.948. The molecule has 0 spiro atoms. The maximum absolute atomic E-state index is 11.4. The van der Waals surface area contributed by atoms with Crippen LogP contribution in [0.1, 0.15) is 35.2 Å². The molecule has 17 heavy (non-hydrogen) atoms. The SMILES string of the molecule is CCOC(=O)C1CC1c1ccc(C(=O)O)cc1. The van der Waals surface area contributed by atoms with Crippen molar-refractivity contribution in [3.05, 3.63) is 35.4 Å². The zero-order valence-electron chi connectivity index (χ0n) is 9.55. The van der Waals surface area contributed by atoms with Crippen LogP contribution < -0.4 is 0 Å². The highest BCUT2D eigenvalue weighted by molar-refractivity contribution is 5.87. The number of carbonyl (C=O) groups excluding carboxylic acids is 1. The fraction of sp³-hybridized carbons (Fsp3) is 0.385. The van der Waals surface area contributed by atoms with E-state index in [9.17, 15) is 9.59 Å². The van der Waals surface area contributed by atoms with Crippen molar-refractivity contribution >= 4 is 11.9 Å². The predicted octanol–water partition coefficient (Wildman–Crippen LogP) is 2.05. The van der Waals surface area contributed by atoms with Gasteiger partial charge in [0.2, 0.25) is 0 Å². The number of hydrogen-bond donors (Lipinski definition) is 1. The molecule has 1 N–H and O–H groups in total. The number of ether oxygens (including phenoxy) is 1. The Labute approximate surface area is 99.2 Å². The van der Waals surface area contributed by atoms with E-state index in [-0.39, 0.29) is 23.4 Å². The van der Waals surface area contributed by atoms with Gasteiger partial charge in [0.05, 0.1) is 18.1 Å². The van der Waals surface area contributed by atoms with E-state index in [1.807, 2.05) is 0 Å². The first-order chi connectivity index (χ1) is 8.13. The maximum Gasteiger partial charge on any atom is 0.335 e. The third-order valence-corrected chi connectivity index (χ3v) is 2.97. The van der Waals surface area contributed by atoms with Crippen LogP contribution in [-0.2, 0) is 9.53 Å². The van der Waals surface area contributed by atoms with E-state index in [1.54, 1.807) is 31.2 Å². The second-order valence-corrected chi connectivity index (χ2v) is 4.13. The van der Waals surface area contributed by atoms with Gasteiger partial charge in [-0.3, -0.25) is 4.79 Å². The van der Waals surface area contributed by atoms with Crippen LogP contribution in [0.4, 0.5) is 0 Å². The molecular weight excluding hydrogens is 220 g/mol. The molecule has 0 amide bonds. The van der Waals surface area contributed by atoms with Crippen LogP contribution in [0.5, 0.6) is 0 Å². The third kappa shape index (κ3) is 2.46. The first kappa shape index (κ1) is 11.6. The summed E-state index contributed by atoms with van der Waals surface area (Å²) in [7, 11) is 0. The lowest BCUT2D eigenvalue weighted by molar-refractivity contribution is -0.144. The summed E-state index contributed by atoms with van der Waals surface area (Å²) in [4.78, 5) is 22.1. The van der Waals surface area contributed by atoms with E-state index < -0.39 is 5.97 Å². The van der Waals surface area contributed by atoms with Gasteiger partial charge in [0.25, 0.3) is 0 Å². The summed E-state index contributed by atoms with van der Waals surface area (Å²) < 4.78 is 4.95. The molecule has 0 bridgehead atoms. The lowest BCUT2D eigenvalue weighted by Gasteiger charge is -2.02. The van der Waals surface area contributed by atoms with Crippen molar-refractivity contribution in [2.75, 3.05) is 6.61 Å². The summed E-state index contributed by atoms with van der Waals surface area (Å²) in [6, 6.07) is 6.68. The molecule has 1 aromatic rings. The number of rotatable bonds is 4. The minimum Gasteiger partial charge on any atom is -0.478 e. The molecule has 2 rings (SSSR count). The van der Waals surface area contributed by atoms with Crippen molar-refractivity contribution in [3.63, 3.8) is 0 Å². The van der Waals surface area contributed by atoms with E-state index in [0.29, 0.717) is 6.61 Å². The Morgan fingerprint density at radius 1 is 1.35 bits per heavy atom. The highest BCUT2D eigenvalue weighted by Gasteiger charge is 2.45. The van der Waals surface area contributed by atoms with Gasteiger partial charge < -0.3 is 9.84 Å². The van der Waals surface area contributed by atoms with E-state index in [2.05, 4.69) is 0 Å². The topological polar surface area (TPSA) is 63.6 Å². The quantitative estimate of drug-likeness (QED) is 0.810. The second kappa shape index (κ2) is 4.57. The highest BCUT2D eigenvalue weighted by Crippen LogP contribution is 2.48. The Morgan fingerprint density at radius 2 is 2.00 bits per heavy atom. The molecule has 90 valence electrons. The van der Waals surface area contributed by atoms with Crippen LogP contribution in [0.2, 0.25) is 0 Å². The number of carbonyl (C=O) groups is 2. The summed E-state index contributed by atoms with van der Waals surface area (Å²) in [5, 5.41) is 8.77. The van der Waals surface area contributed by atoms with Crippen LogP contribution in [-0.4, -0.2) is 23.7 Å². The number of aromatic carboxylic acids is 1. The molecule has 1 aliphatic carbocycles. The molecule has 0 radical (unpaired) electrons. The smallest absolute Gasteiger partial charge is 0.335 e. The molecule has 0 heterocycles. The highest BCUT2D eigenvalue weighted by atomic mass is 16.5.